The van der Waals surface area contributed by atoms with Gasteiger partial charge in [0.1, 0.15) is 12.4 Å². The van der Waals surface area contributed by atoms with Crippen LogP contribution >= 0.6 is 0 Å². The van der Waals surface area contributed by atoms with E-state index in [4.69, 9.17) is 4.74 Å². The molecular weight excluding hydrogens is 466 g/mol. The fourth-order valence-corrected chi connectivity index (χ4v) is 6.29. The number of amides is 3. The number of nitrogens with zero attached hydrogens (tertiary/aromatic N) is 2. The summed E-state index contributed by atoms with van der Waals surface area (Å²) in [5.41, 5.74) is 2.60. The summed E-state index contributed by atoms with van der Waals surface area (Å²) in [5, 5.41) is 2.87. The molecular formula is C30H37N3O4. The summed E-state index contributed by atoms with van der Waals surface area (Å²) >= 11 is 0. The smallest absolute Gasteiger partial charge is 0.257 e. The van der Waals surface area contributed by atoms with Gasteiger partial charge in [-0.2, -0.15) is 0 Å². The number of rotatable bonds is 2. The van der Waals surface area contributed by atoms with E-state index in [1.807, 2.05) is 40.1 Å². The van der Waals surface area contributed by atoms with E-state index in [9.17, 15) is 14.4 Å². The number of benzene rings is 2. The topological polar surface area (TPSA) is 79.0 Å². The molecule has 0 atom stereocenters. The highest BCUT2D eigenvalue weighted by Crippen LogP contribution is 2.38. The second-order valence-corrected chi connectivity index (χ2v) is 10.7. The summed E-state index contributed by atoms with van der Waals surface area (Å²) in [6, 6.07) is 15.7. The van der Waals surface area contributed by atoms with Crippen LogP contribution in [0.25, 0.3) is 0 Å². The van der Waals surface area contributed by atoms with Crippen molar-refractivity contribution in [2.75, 3.05) is 39.8 Å². The van der Waals surface area contributed by atoms with Crippen molar-refractivity contribution in [2.45, 2.75) is 44.9 Å². The van der Waals surface area contributed by atoms with Crippen LogP contribution in [-0.2, 0) is 22.4 Å². The van der Waals surface area contributed by atoms with Crippen LogP contribution in [0.15, 0.2) is 48.5 Å². The summed E-state index contributed by atoms with van der Waals surface area (Å²) in [7, 11) is 1.69. The molecule has 0 aromatic heterocycles. The first-order chi connectivity index (χ1) is 18.0. The molecule has 1 saturated heterocycles. The van der Waals surface area contributed by atoms with Crippen molar-refractivity contribution < 1.29 is 19.1 Å². The van der Waals surface area contributed by atoms with Crippen molar-refractivity contribution in [3.05, 3.63) is 65.2 Å². The number of hydrogen-bond donors (Lipinski definition) is 1. The van der Waals surface area contributed by atoms with Crippen molar-refractivity contribution in [2.24, 2.45) is 11.3 Å². The van der Waals surface area contributed by atoms with Gasteiger partial charge in [0.05, 0.1) is 17.5 Å². The molecule has 37 heavy (non-hydrogen) atoms. The quantitative estimate of drug-likeness (QED) is 0.681. The van der Waals surface area contributed by atoms with Crippen LogP contribution in [0.3, 0.4) is 0 Å². The molecule has 1 fully saturated rings. The Morgan fingerprint density at radius 3 is 2.27 bits per heavy atom. The molecule has 6 rings (SSSR count). The number of carbonyl (C=O) groups excluding carboxylic acids is 3. The van der Waals surface area contributed by atoms with E-state index < -0.39 is 5.41 Å². The Hall–Kier alpha value is -3.35. The lowest BCUT2D eigenvalue weighted by molar-refractivity contribution is -0.136. The van der Waals surface area contributed by atoms with Gasteiger partial charge in [0, 0.05) is 32.6 Å². The molecule has 4 aliphatic rings. The van der Waals surface area contributed by atoms with E-state index in [-0.39, 0.29) is 23.6 Å². The van der Waals surface area contributed by atoms with Gasteiger partial charge in [-0.1, -0.05) is 42.8 Å². The Kier molecular flexibility index (Phi) is 7.49. The largest absolute Gasteiger partial charge is 0.491 e. The van der Waals surface area contributed by atoms with Crippen LogP contribution in [0.4, 0.5) is 0 Å². The molecule has 0 unspecified atom stereocenters. The molecule has 2 aromatic carbocycles. The zero-order chi connectivity index (χ0) is 25.8. The van der Waals surface area contributed by atoms with Crippen LogP contribution < -0.4 is 10.1 Å². The maximum Gasteiger partial charge on any atom is 0.257 e. The van der Waals surface area contributed by atoms with Crippen LogP contribution in [-0.4, -0.2) is 67.4 Å². The average molecular weight is 504 g/mol. The van der Waals surface area contributed by atoms with E-state index in [2.05, 4.69) is 17.4 Å². The number of hydrogen-bond acceptors (Lipinski definition) is 4. The minimum absolute atomic E-state index is 0.0473. The highest BCUT2D eigenvalue weighted by molar-refractivity contribution is 5.97. The second kappa shape index (κ2) is 11.0. The number of fused-ring (bicyclic) bond motifs is 10. The summed E-state index contributed by atoms with van der Waals surface area (Å²) in [5.74, 6) is 0.665. The lowest BCUT2D eigenvalue weighted by atomic mass is 9.73. The lowest BCUT2D eigenvalue weighted by Gasteiger charge is -2.40. The zero-order valence-corrected chi connectivity index (χ0v) is 21.7. The van der Waals surface area contributed by atoms with E-state index in [0.717, 1.165) is 32.1 Å². The van der Waals surface area contributed by atoms with Gasteiger partial charge in [-0.3, -0.25) is 14.4 Å². The Balaban J connectivity index is 1.37. The van der Waals surface area contributed by atoms with E-state index in [0.29, 0.717) is 56.9 Å². The summed E-state index contributed by atoms with van der Waals surface area (Å²) < 4.78 is 6.11. The molecule has 3 amide bonds. The average Bonchev–Trinajstić information content (AvgIpc) is 3.37. The Bertz CT molecular complexity index is 1130. The first-order valence-corrected chi connectivity index (χ1v) is 13.6. The number of piperidine rings is 1. The zero-order valence-electron chi connectivity index (χ0n) is 21.7. The van der Waals surface area contributed by atoms with Gasteiger partial charge < -0.3 is 19.9 Å². The predicted octanol–water partition coefficient (Wildman–Crippen LogP) is 3.46. The Morgan fingerprint density at radius 2 is 1.57 bits per heavy atom. The van der Waals surface area contributed by atoms with Gasteiger partial charge in [0.2, 0.25) is 11.8 Å². The van der Waals surface area contributed by atoms with Crippen LogP contribution in [0.2, 0.25) is 0 Å². The van der Waals surface area contributed by atoms with Crippen molar-refractivity contribution in [1.82, 2.24) is 15.1 Å². The van der Waals surface area contributed by atoms with Gasteiger partial charge in [0.15, 0.2) is 0 Å². The third kappa shape index (κ3) is 5.22. The SMILES string of the molecule is CNC(=O)C12CCCCN(C(=O)C3Cc4ccccc4C3)CCOc3ccccc3C(=O)N(CC1)CC2. The number of carbonyl (C=O) groups is 3. The molecule has 0 saturated carbocycles. The van der Waals surface area contributed by atoms with Gasteiger partial charge in [-0.25, -0.2) is 0 Å². The fourth-order valence-electron chi connectivity index (χ4n) is 6.29. The molecule has 7 heteroatoms. The van der Waals surface area contributed by atoms with Crippen molar-refractivity contribution in [3.8, 4) is 5.75 Å². The summed E-state index contributed by atoms with van der Waals surface area (Å²) in [6.07, 6.45) is 5.30. The van der Waals surface area contributed by atoms with Gasteiger partial charge in [-0.15, -0.1) is 0 Å². The molecule has 196 valence electrons. The third-order valence-electron chi connectivity index (χ3n) is 8.50. The molecule has 0 spiro atoms. The van der Waals surface area contributed by atoms with Crippen molar-refractivity contribution >= 4 is 17.7 Å². The van der Waals surface area contributed by atoms with E-state index >= 15 is 0 Å². The molecule has 1 N–H and O–H groups in total. The minimum atomic E-state index is -0.469. The molecule has 3 aliphatic heterocycles. The molecule has 7 nitrogen and oxygen atoms in total. The standard InChI is InChI=1S/C30H37N3O4/c1-31-29(36)30-12-6-7-15-32(27(34)24-20-22-8-2-3-9-23(22)21-24)18-19-37-26-11-5-4-10-25(26)28(35)33(16-13-30)17-14-30/h2-5,8-11,24H,6-7,12-21H2,1H3,(H,31,36). The Morgan fingerprint density at radius 1 is 0.892 bits per heavy atom. The van der Waals surface area contributed by atoms with Gasteiger partial charge in [-0.05, 0) is 61.8 Å². The number of nitrogens with one attached hydrogen (secondary N) is 1. The minimum Gasteiger partial charge on any atom is -0.491 e. The summed E-state index contributed by atoms with van der Waals surface area (Å²) in [6.45, 7) is 2.54. The second-order valence-electron chi connectivity index (χ2n) is 10.7. The number of ether oxygens (including phenoxy) is 1. The van der Waals surface area contributed by atoms with Gasteiger partial charge >= 0.3 is 0 Å². The van der Waals surface area contributed by atoms with Crippen molar-refractivity contribution in [1.29, 1.82) is 0 Å². The predicted molar refractivity (Wildman–Crippen MR) is 141 cm³/mol. The normalized spacial score (nSPS) is 20.3. The molecule has 0 radical (unpaired) electrons. The summed E-state index contributed by atoms with van der Waals surface area (Å²) in [4.78, 5) is 43.8. The monoisotopic (exact) mass is 503 g/mol. The highest BCUT2D eigenvalue weighted by atomic mass is 16.5. The molecule has 2 bridgehead atoms. The van der Waals surface area contributed by atoms with E-state index in [1.165, 1.54) is 11.1 Å². The highest BCUT2D eigenvalue weighted by Gasteiger charge is 2.41. The third-order valence-corrected chi connectivity index (χ3v) is 8.50. The Labute approximate surface area is 219 Å². The first kappa shape index (κ1) is 25.3. The lowest BCUT2D eigenvalue weighted by Crippen LogP contribution is -2.49. The first-order valence-electron chi connectivity index (χ1n) is 13.6. The molecule has 1 aliphatic carbocycles. The van der Waals surface area contributed by atoms with Crippen LogP contribution in [0, 0.1) is 11.3 Å². The fraction of sp³-hybridized carbons (Fsp3) is 0.500. The van der Waals surface area contributed by atoms with Crippen molar-refractivity contribution in [3.63, 3.8) is 0 Å². The van der Waals surface area contributed by atoms with E-state index in [1.54, 1.807) is 13.1 Å². The maximum absolute atomic E-state index is 13.7. The number of para-hydroxylation sites is 1. The van der Waals surface area contributed by atoms with Crippen LogP contribution in [0.5, 0.6) is 5.75 Å². The van der Waals surface area contributed by atoms with Gasteiger partial charge in [0.25, 0.3) is 5.91 Å². The molecule has 3 heterocycles. The molecule has 2 aromatic rings. The maximum atomic E-state index is 13.7. The van der Waals surface area contributed by atoms with Crippen LogP contribution in [0.1, 0.15) is 53.6 Å².